The predicted octanol–water partition coefficient (Wildman–Crippen LogP) is 2.64. The first-order valence-electron chi connectivity index (χ1n) is 5.28. The van der Waals surface area contributed by atoms with Crippen LogP contribution in [-0.2, 0) is 0 Å². The van der Waals surface area contributed by atoms with Crippen LogP contribution in [0.25, 0.3) is 11.4 Å². The average molecular weight is 270 g/mol. The lowest BCUT2D eigenvalue weighted by atomic mass is 10.2. The molecule has 1 N–H and O–H groups in total. The molecule has 0 atom stereocenters. The molecule has 0 radical (unpaired) electrons. The molecule has 1 aromatic carbocycles. The van der Waals surface area contributed by atoms with E-state index in [2.05, 4.69) is 14.7 Å². The summed E-state index contributed by atoms with van der Waals surface area (Å²) in [5.74, 6) is -0.174. The number of ether oxygens (including phenoxy) is 1. The number of aryl methyl sites for hydroxylation is 1. The van der Waals surface area contributed by atoms with Crippen molar-refractivity contribution < 1.29 is 17.9 Å². The first kappa shape index (κ1) is 13.1. The van der Waals surface area contributed by atoms with Crippen molar-refractivity contribution in [2.24, 2.45) is 0 Å². The topological polar surface area (TPSA) is 55.0 Å². The fourth-order valence-corrected chi connectivity index (χ4v) is 1.56. The molecule has 0 saturated carbocycles. The van der Waals surface area contributed by atoms with Crippen LogP contribution < -0.4 is 10.3 Å². The Bertz CT molecular complexity index is 650. The van der Waals surface area contributed by atoms with Gasteiger partial charge in [0.2, 0.25) is 0 Å². The molecule has 1 aromatic heterocycles. The van der Waals surface area contributed by atoms with Gasteiger partial charge in [0, 0.05) is 17.3 Å². The maximum absolute atomic E-state index is 12.1. The summed E-state index contributed by atoms with van der Waals surface area (Å²) in [5.41, 5.74) is 0.438. The lowest BCUT2D eigenvalue weighted by Crippen LogP contribution is -2.17. The predicted molar refractivity (Wildman–Crippen MR) is 61.7 cm³/mol. The van der Waals surface area contributed by atoms with Gasteiger partial charge in [-0.3, -0.25) is 4.79 Å². The molecule has 0 aliphatic heterocycles. The van der Waals surface area contributed by atoms with E-state index in [0.29, 0.717) is 11.3 Å². The molecule has 2 rings (SSSR count). The monoisotopic (exact) mass is 270 g/mol. The number of nitrogens with one attached hydrogen (secondary N) is 1. The Labute approximate surface area is 105 Å². The smallest absolute Gasteiger partial charge is 0.406 e. The van der Waals surface area contributed by atoms with E-state index in [1.165, 1.54) is 24.3 Å². The van der Waals surface area contributed by atoms with Crippen LogP contribution in [0, 0.1) is 6.92 Å². The molecule has 0 spiro atoms. The summed E-state index contributed by atoms with van der Waals surface area (Å²) in [7, 11) is 0. The maximum Gasteiger partial charge on any atom is 0.573 e. The zero-order valence-electron chi connectivity index (χ0n) is 9.78. The number of rotatable bonds is 2. The zero-order chi connectivity index (χ0) is 14.0. The van der Waals surface area contributed by atoms with E-state index < -0.39 is 6.36 Å². The SMILES string of the molecule is Cc1cc(=O)[nH]c(-c2cccc(OC(F)(F)F)c2)n1. The summed E-state index contributed by atoms with van der Waals surface area (Å²) in [6.45, 7) is 1.62. The summed E-state index contributed by atoms with van der Waals surface area (Å²) in [5, 5.41) is 0. The van der Waals surface area contributed by atoms with Crippen molar-refractivity contribution in [3.63, 3.8) is 0 Å². The Hall–Kier alpha value is -2.31. The first-order valence-corrected chi connectivity index (χ1v) is 5.28. The summed E-state index contributed by atoms with van der Waals surface area (Å²) in [6, 6.07) is 6.54. The minimum absolute atomic E-state index is 0.192. The van der Waals surface area contributed by atoms with Crippen molar-refractivity contribution in [3.8, 4) is 17.1 Å². The Morgan fingerprint density at radius 2 is 2.00 bits per heavy atom. The molecule has 100 valence electrons. The number of hydrogen-bond acceptors (Lipinski definition) is 3. The second kappa shape index (κ2) is 4.75. The highest BCUT2D eigenvalue weighted by Gasteiger charge is 2.31. The van der Waals surface area contributed by atoms with Gasteiger partial charge in [0.05, 0.1) is 0 Å². The van der Waals surface area contributed by atoms with Crippen molar-refractivity contribution in [1.29, 1.82) is 0 Å². The number of H-pyrrole nitrogens is 1. The minimum atomic E-state index is -4.76. The van der Waals surface area contributed by atoms with Crippen LogP contribution in [0.1, 0.15) is 5.69 Å². The molecule has 0 amide bonds. The number of nitrogens with zero attached hydrogens (tertiary/aromatic N) is 1. The molecule has 2 aromatic rings. The standard InChI is InChI=1S/C12H9F3N2O2/c1-7-5-10(18)17-11(16-7)8-3-2-4-9(6-8)19-12(13,14)15/h2-6H,1H3,(H,16,17,18). The third-order valence-electron chi connectivity index (χ3n) is 2.21. The average Bonchev–Trinajstić information content (AvgIpc) is 2.25. The molecular weight excluding hydrogens is 261 g/mol. The molecule has 0 unspecified atom stereocenters. The second-order valence-corrected chi connectivity index (χ2v) is 3.81. The van der Waals surface area contributed by atoms with Gasteiger partial charge in [-0.15, -0.1) is 13.2 Å². The van der Waals surface area contributed by atoms with Crippen LogP contribution in [0.5, 0.6) is 5.75 Å². The van der Waals surface area contributed by atoms with Gasteiger partial charge in [-0.25, -0.2) is 4.98 Å². The number of aromatic nitrogens is 2. The Balaban J connectivity index is 2.40. The highest BCUT2D eigenvalue weighted by atomic mass is 19.4. The molecule has 0 aliphatic rings. The van der Waals surface area contributed by atoms with Crippen LogP contribution in [0.3, 0.4) is 0 Å². The third-order valence-corrected chi connectivity index (χ3v) is 2.21. The Morgan fingerprint density at radius 3 is 2.63 bits per heavy atom. The van der Waals surface area contributed by atoms with Gasteiger partial charge < -0.3 is 9.72 Å². The van der Waals surface area contributed by atoms with Gasteiger partial charge in [0.1, 0.15) is 11.6 Å². The second-order valence-electron chi connectivity index (χ2n) is 3.81. The Kier molecular flexibility index (Phi) is 3.28. The summed E-state index contributed by atoms with van der Waals surface area (Å²) < 4.78 is 40.1. The van der Waals surface area contributed by atoms with Crippen LogP contribution in [0.15, 0.2) is 35.1 Å². The van der Waals surface area contributed by atoms with E-state index in [1.807, 2.05) is 0 Å². The first-order chi connectivity index (χ1) is 8.83. The summed E-state index contributed by atoms with van der Waals surface area (Å²) in [4.78, 5) is 17.8. The molecule has 4 nitrogen and oxygen atoms in total. The van der Waals surface area contributed by atoms with E-state index >= 15 is 0 Å². The molecule has 0 aliphatic carbocycles. The van der Waals surface area contributed by atoms with Crippen molar-refractivity contribution in [2.45, 2.75) is 13.3 Å². The van der Waals surface area contributed by atoms with Gasteiger partial charge in [0.15, 0.2) is 0 Å². The quantitative estimate of drug-likeness (QED) is 0.912. The molecule has 0 saturated heterocycles. The molecule has 0 bridgehead atoms. The summed E-state index contributed by atoms with van der Waals surface area (Å²) >= 11 is 0. The molecule has 19 heavy (non-hydrogen) atoms. The number of hydrogen-bond donors (Lipinski definition) is 1. The van der Waals surface area contributed by atoms with Crippen molar-refractivity contribution in [1.82, 2.24) is 9.97 Å². The van der Waals surface area contributed by atoms with E-state index in [1.54, 1.807) is 6.92 Å². The highest BCUT2D eigenvalue weighted by molar-refractivity contribution is 5.57. The van der Waals surface area contributed by atoms with Crippen LogP contribution >= 0.6 is 0 Å². The van der Waals surface area contributed by atoms with Gasteiger partial charge in [-0.1, -0.05) is 12.1 Å². The molecule has 1 heterocycles. The number of halogens is 3. The number of aromatic amines is 1. The van der Waals surface area contributed by atoms with Crippen molar-refractivity contribution in [2.75, 3.05) is 0 Å². The van der Waals surface area contributed by atoms with Gasteiger partial charge in [-0.2, -0.15) is 0 Å². The van der Waals surface area contributed by atoms with E-state index in [-0.39, 0.29) is 17.1 Å². The van der Waals surface area contributed by atoms with Gasteiger partial charge in [-0.05, 0) is 19.1 Å². The third kappa shape index (κ3) is 3.57. The summed E-state index contributed by atoms with van der Waals surface area (Å²) in [6.07, 6.45) is -4.76. The van der Waals surface area contributed by atoms with Gasteiger partial charge in [0.25, 0.3) is 5.56 Å². The zero-order valence-corrected chi connectivity index (χ0v) is 9.78. The lowest BCUT2D eigenvalue weighted by molar-refractivity contribution is -0.274. The highest BCUT2D eigenvalue weighted by Crippen LogP contribution is 2.26. The molecule has 7 heteroatoms. The van der Waals surface area contributed by atoms with E-state index in [9.17, 15) is 18.0 Å². The number of benzene rings is 1. The van der Waals surface area contributed by atoms with Gasteiger partial charge >= 0.3 is 6.36 Å². The fraction of sp³-hybridized carbons (Fsp3) is 0.167. The van der Waals surface area contributed by atoms with Crippen molar-refractivity contribution >= 4 is 0 Å². The normalized spacial score (nSPS) is 11.4. The largest absolute Gasteiger partial charge is 0.573 e. The van der Waals surface area contributed by atoms with Crippen LogP contribution in [-0.4, -0.2) is 16.3 Å². The maximum atomic E-state index is 12.1. The Morgan fingerprint density at radius 1 is 1.26 bits per heavy atom. The van der Waals surface area contributed by atoms with Crippen LogP contribution in [0.2, 0.25) is 0 Å². The van der Waals surface area contributed by atoms with Crippen LogP contribution in [0.4, 0.5) is 13.2 Å². The molecular formula is C12H9F3N2O2. The van der Waals surface area contributed by atoms with E-state index in [0.717, 1.165) is 6.07 Å². The molecule has 0 fully saturated rings. The van der Waals surface area contributed by atoms with Crippen molar-refractivity contribution in [3.05, 3.63) is 46.4 Å². The minimum Gasteiger partial charge on any atom is -0.406 e. The van der Waals surface area contributed by atoms with E-state index in [4.69, 9.17) is 0 Å². The fourth-order valence-electron chi connectivity index (χ4n) is 1.56. The lowest BCUT2D eigenvalue weighted by Gasteiger charge is -2.09. The number of alkyl halides is 3.